The van der Waals surface area contributed by atoms with Crippen LogP contribution in [0.15, 0.2) is 36.4 Å². The van der Waals surface area contributed by atoms with E-state index in [0.29, 0.717) is 12.5 Å². The summed E-state index contributed by atoms with van der Waals surface area (Å²) in [5.41, 5.74) is 5.33. The molecular weight excluding hydrogens is 614 g/mol. The van der Waals surface area contributed by atoms with Crippen LogP contribution in [0.25, 0.3) is 22.2 Å². The molecule has 2 amide bonds. The van der Waals surface area contributed by atoms with Crippen molar-refractivity contribution in [3.8, 4) is 17.0 Å². The summed E-state index contributed by atoms with van der Waals surface area (Å²) in [5.74, 6) is 0.822. The molecule has 10 nitrogen and oxygen atoms in total. The smallest absolute Gasteiger partial charge is 0.303 e. The van der Waals surface area contributed by atoms with Crippen molar-refractivity contribution >= 4 is 32.9 Å². The minimum absolute atomic E-state index is 0.0741. The normalized spacial score (nSPS) is 27.3. The Balaban J connectivity index is 1.32. The lowest BCUT2D eigenvalue weighted by Crippen LogP contribution is -2.57. The molecular formula is C36H45N5O5S. The van der Waals surface area contributed by atoms with Crippen LogP contribution in [0.3, 0.4) is 0 Å². The maximum atomic E-state index is 15.0. The summed E-state index contributed by atoms with van der Waals surface area (Å²) < 4.78 is 36.4. The monoisotopic (exact) mass is 659 g/mol. The largest absolute Gasteiger partial charge is 0.497 e. The molecule has 1 aromatic heterocycles. The first kappa shape index (κ1) is 30.9. The number of ether oxygens (including phenoxy) is 1. The summed E-state index contributed by atoms with van der Waals surface area (Å²) in [6.45, 7) is 2.34. The predicted molar refractivity (Wildman–Crippen MR) is 181 cm³/mol. The molecule has 47 heavy (non-hydrogen) atoms. The quantitative estimate of drug-likeness (QED) is 0.412. The molecule has 4 heterocycles. The van der Waals surface area contributed by atoms with Gasteiger partial charge in [0.05, 0.1) is 18.2 Å². The fraction of sp³-hybridized carbons (Fsp3) is 0.556. The van der Waals surface area contributed by atoms with E-state index in [2.05, 4.69) is 38.3 Å². The van der Waals surface area contributed by atoms with Gasteiger partial charge in [0.25, 0.3) is 5.91 Å². The summed E-state index contributed by atoms with van der Waals surface area (Å²) in [6, 6.07) is 12.4. The van der Waals surface area contributed by atoms with E-state index in [4.69, 9.17) is 4.74 Å². The Kier molecular flexibility index (Phi) is 7.27. The van der Waals surface area contributed by atoms with Gasteiger partial charge in [0.15, 0.2) is 0 Å². The van der Waals surface area contributed by atoms with Gasteiger partial charge in [-0.2, -0.15) is 12.7 Å². The fourth-order valence-electron chi connectivity index (χ4n) is 9.39. The number of nitrogens with one attached hydrogen (secondary N) is 1. The van der Waals surface area contributed by atoms with Crippen molar-refractivity contribution < 1.29 is 22.7 Å². The third kappa shape index (κ3) is 4.83. The summed E-state index contributed by atoms with van der Waals surface area (Å²) in [4.78, 5) is 33.0. The lowest BCUT2D eigenvalue weighted by Gasteiger charge is -2.41. The first-order valence-electron chi connectivity index (χ1n) is 17.1. The molecule has 250 valence electrons. The van der Waals surface area contributed by atoms with Crippen molar-refractivity contribution in [2.45, 2.75) is 81.8 Å². The number of hydrogen-bond acceptors (Lipinski definition) is 6. The van der Waals surface area contributed by atoms with E-state index in [1.807, 2.05) is 18.2 Å². The van der Waals surface area contributed by atoms with Gasteiger partial charge in [-0.15, -0.1) is 0 Å². The molecule has 0 radical (unpaired) electrons. The Morgan fingerprint density at radius 3 is 2.38 bits per heavy atom. The molecule has 0 spiro atoms. The van der Waals surface area contributed by atoms with Gasteiger partial charge in [-0.05, 0) is 86.5 Å². The Morgan fingerprint density at radius 1 is 0.979 bits per heavy atom. The van der Waals surface area contributed by atoms with Crippen molar-refractivity contribution in [2.24, 2.45) is 5.41 Å². The highest BCUT2D eigenvalue weighted by Gasteiger charge is 2.65. The van der Waals surface area contributed by atoms with Crippen LogP contribution in [-0.4, -0.2) is 92.3 Å². The first-order chi connectivity index (χ1) is 22.5. The van der Waals surface area contributed by atoms with Crippen molar-refractivity contribution in [1.29, 1.82) is 0 Å². The maximum absolute atomic E-state index is 15.0. The highest BCUT2D eigenvalue weighted by Crippen LogP contribution is 2.66. The molecule has 4 fully saturated rings. The maximum Gasteiger partial charge on any atom is 0.303 e. The molecule has 2 aromatic carbocycles. The number of benzene rings is 2. The van der Waals surface area contributed by atoms with Crippen molar-refractivity contribution in [3.63, 3.8) is 0 Å². The van der Waals surface area contributed by atoms with Gasteiger partial charge in [-0.1, -0.05) is 25.3 Å². The van der Waals surface area contributed by atoms with Gasteiger partial charge in [0, 0.05) is 73.8 Å². The molecule has 2 saturated carbocycles. The van der Waals surface area contributed by atoms with Crippen LogP contribution in [0.2, 0.25) is 0 Å². The molecule has 8 rings (SSSR count). The number of likely N-dealkylation sites (tertiary alicyclic amines) is 1. The second-order valence-electron chi connectivity index (χ2n) is 14.8. The summed E-state index contributed by atoms with van der Waals surface area (Å²) in [6.07, 6.45) is 8.64. The molecule has 4 atom stereocenters. The van der Waals surface area contributed by atoms with Crippen molar-refractivity contribution in [3.05, 3.63) is 53.1 Å². The van der Waals surface area contributed by atoms with Gasteiger partial charge in [-0.25, -0.2) is 4.72 Å². The number of carbonyl (C=O) groups excluding carboxylic acids is 2. The topological polar surface area (TPSA) is 104 Å². The van der Waals surface area contributed by atoms with E-state index in [1.165, 1.54) is 44.5 Å². The number of nitrogens with zero attached hydrogens (tertiary/aromatic N) is 4. The number of fused-ring (bicyclic) bond motifs is 9. The zero-order chi connectivity index (χ0) is 32.8. The van der Waals surface area contributed by atoms with Gasteiger partial charge in [-0.3, -0.25) is 9.59 Å². The van der Waals surface area contributed by atoms with Crippen LogP contribution in [0, 0.1) is 5.41 Å². The lowest BCUT2D eigenvalue weighted by atomic mass is 9.81. The Labute approximate surface area is 277 Å². The molecule has 1 N–H and O–H groups in total. The Hall–Kier alpha value is -3.41. The number of likely N-dealkylation sites (N-methyl/N-ethyl adjacent to an activating group) is 1. The van der Waals surface area contributed by atoms with Crippen LogP contribution in [0.4, 0.5) is 0 Å². The Bertz CT molecular complexity index is 1880. The third-order valence-electron chi connectivity index (χ3n) is 11.8. The highest BCUT2D eigenvalue weighted by molar-refractivity contribution is 7.87. The van der Waals surface area contributed by atoms with Gasteiger partial charge in [0.2, 0.25) is 5.91 Å². The third-order valence-corrected chi connectivity index (χ3v) is 13.2. The molecule has 2 aliphatic carbocycles. The SMILES string of the molecule is COc1ccc2c(c1)C1CC1(C(=O)N1C3CCC1CN(C)C3)Cn1c-2c(C2CCCCC2)c2ccc(C(=O)NS(=O)(=O)N(C)C)cc21. The second-order valence-corrected chi connectivity index (χ2v) is 16.7. The molecule has 4 unspecified atom stereocenters. The average Bonchev–Trinajstić information content (AvgIpc) is 3.64. The zero-order valence-electron chi connectivity index (χ0n) is 27.8. The summed E-state index contributed by atoms with van der Waals surface area (Å²) >= 11 is 0. The number of rotatable bonds is 6. The average molecular weight is 660 g/mol. The molecule has 3 aromatic rings. The first-order valence-corrected chi connectivity index (χ1v) is 18.6. The molecule has 2 bridgehead atoms. The van der Waals surface area contributed by atoms with E-state index in [-0.39, 0.29) is 29.5 Å². The van der Waals surface area contributed by atoms with E-state index < -0.39 is 21.5 Å². The zero-order valence-corrected chi connectivity index (χ0v) is 28.6. The minimum atomic E-state index is -3.96. The summed E-state index contributed by atoms with van der Waals surface area (Å²) in [5, 5.41) is 1.09. The van der Waals surface area contributed by atoms with Crippen molar-refractivity contribution in [2.75, 3.05) is 41.3 Å². The number of carbonyl (C=O) groups is 2. The number of piperazine rings is 1. The van der Waals surface area contributed by atoms with Crippen LogP contribution >= 0.6 is 0 Å². The predicted octanol–water partition coefficient (Wildman–Crippen LogP) is 4.69. The van der Waals surface area contributed by atoms with E-state index >= 15 is 0 Å². The van der Waals surface area contributed by atoms with Crippen LogP contribution < -0.4 is 9.46 Å². The molecule has 11 heteroatoms. The fourth-order valence-corrected chi connectivity index (χ4v) is 9.93. The van der Waals surface area contributed by atoms with Crippen molar-refractivity contribution in [1.82, 2.24) is 23.4 Å². The number of methoxy groups -OCH3 is 1. The standard InChI is InChI=1S/C36H45N5O5S/c1-38(2)47(44,45)37-34(42)23-10-14-28-31(16-23)40-21-36(35(43)41-24-11-12-25(41)20-39(3)19-24)18-30(36)29-17-26(46-4)13-15-27(29)33(40)32(28)22-8-6-5-7-9-22/h10,13-17,22,24-25,30H,5-9,11-12,18-21H2,1-4H3,(H,37,42). The van der Waals surface area contributed by atoms with Crippen LogP contribution in [0.1, 0.15) is 84.7 Å². The van der Waals surface area contributed by atoms with E-state index in [9.17, 15) is 18.0 Å². The van der Waals surface area contributed by atoms with Gasteiger partial charge >= 0.3 is 10.2 Å². The van der Waals surface area contributed by atoms with Gasteiger partial charge < -0.3 is 19.1 Å². The van der Waals surface area contributed by atoms with Crippen LogP contribution in [-0.2, 0) is 21.5 Å². The Morgan fingerprint density at radius 2 is 1.70 bits per heavy atom. The molecule has 5 aliphatic rings. The van der Waals surface area contributed by atoms with Gasteiger partial charge in [0.1, 0.15) is 5.75 Å². The van der Waals surface area contributed by atoms with E-state index in [1.54, 1.807) is 13.2 Å². The number of amides is 2. The second kappa shape index (κ2) is 11.1. The summed E-state index contributed by atoms with van der Waals surface area (Å²) in [7, 11) is 2.67. The van der Waals surface area contributed by atoms with Crippen LogP contribution in [0.5, 0.6) is 5.75 Å². The number of hydrogen-bond donors (Lipinski definition) is 1. The molecule has 2 saturated heterocycles. The lowest BCUT2D eigenvalue weighted by molar-refractivity contribution is -0.143. The van der Waals surface area contributed by atoms with E-state index in [0.717, 1.165) is 77.4 Å². The number of aromatic nitrogens is 1. The molecule has 3 aliphatic heterocycles. The minimum Gasteiger partial charge on any atom is -0.497 e. The highest BCUT2D eigenvalue weighted by atomic mass is 32.2.